The summed E-state index contributed by atoms with van der Waals surface area (Å²) in [5, 5.41) is 0. The van der Waals surface area contributed by atoms with E-state index in [4.69, 9.17) is 4.74 Å². The Morgan fingerprint density at radius 2 is 1.21 bits per heavy atom. The van der Waals surface area contributed by atoms with Crippen LogP contribution in [0, 0.1) is 17.3 Å². The highest BCUT2D eigenvalue weighted by atomic mass is 16.5. The minimum Gasteiger partial charge on any atom is -0.468 e. The normalized spacial score (nSPS) is 20.1. The number of ketones is 3. The molecule has 1 rings (SSSR count). The second kappa shape index (κ2) is 16.2. The van der Waals surface area contributed by atoms with Gasteiger partial charge < -0.3 is 4.74 Å². The average molecular weight is 465 g/mol. The molecule has 1 fully saturated rings. The predicted octanol–water partition coefficient (Wildman–Crippen LogP) is 6.79. The first-order valence-electron chi connectivity index (χ1n) is 13.4. The largest absolute Gasteiger partial charge is 0.468 e. The molecule has 0 radical (unpaired) electrons. The van der Waals surface area contributed by atoms with Gasteiger partial charge in [-0.3, -0.25) is 19.2 Å². The van der Waals surface area contributed by atoms with E-state index in [2.05, 4.69) is 6.92 Å². The number of hydrogen-bond acceptors (Lipinski definition) is 5. The van der Waals surface area contributed by atoms with Crippen LogP contribution >= 0.6 is 0 Å². The SMILES string of the molecule is CCCCCCCCCCCCCCCCCC(=O)[C@H]1C(=O)CC(C)(C)[C@H](C(=O)OC)C1=O. The van der Waals surface area contributed by atoms with E-state index in [9.17, 15) is 19.2 Å². The summed E-state index contributed by atoms with van der Waals surface area (Å²) in [6.45, 7) is 5.67. The second-order valence-corrected chi connectivity index (χ2v) is 10.6. The number of esters is 1. The molecular weight excluding hydrogens is 416 g/mol. The number of carbonyl (C=O) groups excluding carboxylic acids is 4. The van der Waals surface area contributed by atoms with Gasteiger partial charge in [-0.2, -0.15) is 0 Å². The molecule has 0 amide bonds. The van der Waals surface area contributed by atoms with E-state index < -0.39 is 29.0 Å². The smallest absolute Gasteiger partial charge is 0.316 e. The van der Waals surface area contributed by atoms with Crippen molar-refractivity contribution in [2.24, 2.45) is 17.3 Å². The van der Waals surface area contributed by atoms with Crippen LogP contribution in [0.2, 0.25) is 0 Å². The first-order valence-corrected chi connectivity index (χ1v) is 13.4. The molecule has 0 N–H and O–H groups in total. The van der Waals surface area contributed by atoms with Gasteiger partial charge in [-0.15, -0.1) is 0 Å². The second-order valence-electron chi connectivity index (χ2n) is 10.6. The zero-order valence-electron chi connectivity index (χ0n) is 21.7. The molecule has 0 bridgehead atoms. The number of carbonyl (C=O) groups is 4. The minimum atomic E-state index is -1.28. The first kappa shape index (κ1) is 29.5. The Bertz CT molecular complexity index is 622. The predicted molar refractivity (Wildman–Crippen MR) is 132 cm³/mol. The third-order valence-corrected chi connectivity index (χ3v) is 7.09. The Kier molecular flexibility index (Phi) is 14.5. The van der Waals surface area contributed by atoms with Crippen LogP contribution < -0.4 is 0 Å². The van der Waals surface area contributed by atoms with E-state index in [1.807, 2.05) is 0 Å². The fourth-order valence-corrected chi connectivity index (χ4v) is 5.07. The number of ether oxygens (including phenoxy) is 1. The molecule has 2 atom stereocenters. The van der Waals surface area contributed by atoms with Gasteiger partial charge in [0.1, 0.15) is 11.8 Å². The van der Waals surface area contributed by atoms with Crippen LogP contribution in [0.1, 0.15) is 130 Å². The number of hydrogen-bond donors (Lipinski definition) is 0. The van der Waals surface area contributed by atoms with Crippen LogP contribution in [0.3, 0.4) is 0 Å². The monoisotopic (exact) mass is 464 g/mol. The summed E-state index contributed by atoms with van der Waals surface area (Å²) in [6.07, 6.45) is 18.9. The van der Waals surface area contributed by atoms with Crippen LogP contribution in [-0.4, -0.2) is 30.4 Å². The third kappa shape index (κ3) is 10.5. The van der Waals surface area contributed by atoms with Crippen molar-refractivity contribution >= 4 is 23.3 Å². The molecule has 0 heterocycles. The lowest BCUT2D eigenvalue weighted by Crippen LogP contribution is -2.51. The van der Waals surface area contributed by atoms with Crippen molar-refractivity contribution < 1.29 is 23.9 Å². The lowest BCUT2D eigenvalue weighted by atomic mass is 9.63. The summed E-state index contributed by atoms with van der Waals surface area (Å²) in [4.78, 5) is 50.0. The highest BCUT2D eigenvalue weighted by Crippen LogP contribution is 2.40. The lowest BCUT2D eigenvalue weighted by molar-refractivity contribution is -0.161. The highest BCUT2D eigenvalue weighted by molar-refractivity contribution is 6.25. The molecule has 1 aliphatic carbocycles. The maximum Gasteiger partial charge on any atom is 0.316 e. The minimum absolute atomic E-state index is 0.0494. The molecule has 0 saturated heterocycles. The number of unbranched alkanes of at least 4 members (excludes halogenated alkanes) is 14. The molecular formula is C28H48O5. The van der Waals surface area contributed by atoms with Gasteiger partial charge in [-0.25, -0.2) is 0 Å². The molecule has 0 aliphatic heterocycles. The van der Waals surface area contributed by atoms with Crippen LogP contribution in [0.15, 0.2) is 0 Å². The highest BCUT2D eigenvalue weighted by Gasteiger charge is 2.53. The van der Waals surface area contributed by atoms with Gasteiger partial charge in [-0.1, -0.05) is 111 Å². The number of Topliss-reactive ketones (excluding diaryl/α,β-unsaturated/α-hetero) is 3. The van der Waals surface area contributed by atoms with Crippen molar-refractivity contribution in [2.75, 3.05) is 7.11 Å². The molecule has 33 heavy (non-hydrogen) atoms. The summed E-state index contributed by atoms with van der Waals surface area (Å²) < 4.78 is 4.77. The molecule has 0 aromatic carbocycles. The van der Waals surface area contributed by atoms with E-state index in [0.29, 0.717) is 6.42 Å². The van der Waals surface area contributed by atoms with Gasteiger partial charge in [0.2, 0.25) is 0 Å². The van der Waals surface area contributed by atoms with Gasteiger partial charge in [0, 0.05) is 12.8 Å². The summed E-state index contributed by atoms with van der Waals surface area (Å²) in [6, 6.07) is 0. The zero-order valence-corrected chi connectivity index (χ0v) is 21.7. The van der Waals surface area contributed by atoms with Crippen molar-refractivity contribution in [3.05, 3.63) is 0 Å². The van der Waals surface area contributed by atoms with Gasteiger partial charge in [0.25, 0.3) is 0 Å². The lowest BCUT2D eigenvalue weighted by Gasteiger charge is -2.37. The summed E-state index contributed by atoms with van der Waals surface area (Å²) in [7, 11) is 1.23. The topological polar surface area (TPSA) is 77.5 Å². The maximum absolute atomic E-state index is 12.8. The van der Waals surface area contributed by atoms with E-state index in [-0.39, 0.29) is 24.4 Å². The average Bonchev–Trinajstić information content (AvgIpc) is 2.75. The van der Waals surface area contributed by atoms with Crippen molar-refractivity contribution in [1.82, 2.24) is 0 Å². The Labute approximate surface area is 201 Å². The number of rotatable bonds is 18. The molecule has 5 heteroatoms. The van der Waals surface area contributed by atoms with Crippen LogP contribution in [0.4, 0.5) is 0 Å². The van der Waals surface area contributed by atoms with Crippen LogP contribution in [0.5, 0.6) is 0 Å². The van der Waals surface area contributed by atoms with Crippen molar-refractivity contribution in [3.63, 3.8) is 0 Å². The Hall–Kier alpha value is -1.52. The maximum atomic E-state index is 12.8. The van der Waals surface area contributed by atoms with E-state index in [0.717, 1.165) is 12.8 Å². The third-order valence-electron chi connectivity index (χ3n) is 7.09. The molecule has 0 unspecified atom stereocenters. The molecule has 5 nitrogen and oxygen atoms in total. The molecule has 0 spiro atoms. The number of methoxy groups -OCH3 is 1. The molecule has 1 saturated carbocycles. The van der Waals surface area contributed by atoms with E-state index >= 15 is 0 Å². The summed E-state index contributed by atoms with van der Waals surface area (Å²) >= 11 is 0. The van der Waals surface area contributed by atoms with Crippen molar-refractivity contribution in [3.8, 4) is 0 Å². The molecule has 1 aliphatic rings. The zero-order chi connectivity index (χ0) is 24.7. The summed E-state index contributed by atoms with van der Waals surface area (Å²) in [5.41, 5.74) is -0.813. The van der Waals surface area contributed by atoms with E-state index in [1.54, 1.807) is 13.8 Å². The fraction of sp³-hybridized carbons (Fsp3) is 0.857. The molecule has 0 aromatic heterocycles. The molecule has 0 aromatic rings. The fourth-order valence-electron chi connectivity index (χ4n) is 5.07. The quantitative estimate of drug-likeness (QED) is 0.127. The van der Waals surface area contributed by atoms with Gasteiger partial charge in [-0.05, 0) is 11.8 Å². The summed E-state index contributed by atoms with van der Waals surface area (Å²) in [5.74, 6) is -4.24. The first-order chi connectivity index (χ1) is 15.8. The standard InChI is InChI=1S/C28H48O5/c1-5-6-7-8-9-10-11-12-13-14-15-16-17-18-19-20-22(29)24-23(30)21-28(2,3)25(26(24)31)27(32)33-4/h24-25H,5-21H2,1-4H3/t24-,25-/m0/s1. The van der Waals surface area contributed by atoms with Gasteiger partial charge in [0.15, 0.2) is 17.3 Å². The van der Waals surface area contributed by atoms with Crippen molar-refractivity contribution in [2.45, 2.75) is 130 Å². The Morgan fingerprint density at radius 1 is 0.788 bits per heavy atom. The Balaban J connectivity index is 2.15. The van der Waals surface area contributed by atoms with Crippen LogP contribution in [-0.2, 0) is 23.9 Å². The molecule has 190 valence electrons. The van der Waals surface area contributed by atoms with Crippen molar-refractivity contribution in [1.29, 1.82) is 0 Å². The van der Waals surface area contributed by atoms with Gasteiger partial charge >= 0.3 is 5.97 Å². The Morgan fingerprint density at radius 3 is 1.64 bits per heavy atom. The van der Waals surface area contributed by atoms with Crippen LogP contribution in [0.25, 0.3) is 0 Å². The van der Waals surface area contributed by atoms with E-state index in [1.165, 1.54) is 84.2 Å². The van der Waals surface area contributed by atoms with Gasteiger partial charge in [0.05, 0.1) is 7.11 Å².